The van der Waals surface area contributed by atoms with E-state index >= 15 is 0 Å². The molecule has 0 saturated heterocycles. The fourth-order valence-electron chi connectivity index (χ4n) is 2.08. The lowest BCUT2D eigenvalue weighted by Gasteiger charge is -2.09. The zero-order valence-electron chi connectivity index (χ0n) is 10.4. The van der Waals surface area contributed by atoms with E-state index in [4.69, 9.17) is 5.73 Å². The average Bonchev–Trinajstić information content (AvgIpc) is 2.24. The lowest BCUT2D eigenvalue weighted by Crippen LogP contribution is -1.95. The Hall–Kier alpha value is -0.800. The van der Waals surface area contributed by atoms with Crippen LogP contribution in [0.2, 0.25) is 0 Å². The van der Waals surface area contributed by atoms with Gasteiger partial charge in [-0.15, -0.1) is 0 Å². The number of aryl methyl sites for hydroxylation is 2. The molecule has 2 aromatic carbocycles. The van der Waals surface area contributed by atoms with Crippen molar-refractivity contribution in [3.8, 4) is 0 Å². The topological polar surface area (TPSA) is 26.0 Å². The first-order chi connectivity index (χ1) is 8.45. The van der Waals surface area contributed by atoms with Gasteiger partial charge in [0.15, 0.2) is 0 Å². The molecule has 3 heteroatoms. The quantitative estimate of drug-likeness (QED) is 0.741. The number of nitrogen functional groups attached to an aromatic ring is 1. The molecule has 0 aliphatic carbocycles. The number of benzene rings is 2. The van der Waals surface area contributed by atoms with Crippen molar-refractivity contribution in [3.05, 3.63) is 61.5 Å². The maximum absolute atomic E-state index is 5.94. The first kappa shape index (κ1) is 13.6. The van der Waals surface area contributed by atoms with Gasteiger partial charge in [-0.2, -0.15) is 0 Å². The highest BCUT2D eigenvalue weighted by atomic mass is 79.9. The Balaban J connectivity index is 2.34. The molecule has 0 unspecified atom stereocenters. The van der Waals surface area contributed by atoms with Crippen LogP contribution in [0.4, 0.5) is 5.69 Å². The monoisotopic (exact) mass is 367 g/mol. The summed E-state index contributed by atoms with van der Waals surface area (Å²) in [6.07, 6.45) is 0.917. The second kappa shape index (κ2) is 5.45. The predicted octanol–water partition coefficient (Wildman–Crippen LogP) is 5.00. The summed E-state index contributed by atoms with van der Waals surface area (Å²) in [5.41, 5.74) is 11.7. The Bertz CT molecular complexity index is 548. The summed E-state index contributed by atoms with van der Waals surface area (Å²) >= 11 is 7.04. The van der Waals surface area contributed by atoms with Gasteiger partial charge in [-0.05, 0) is 76.7 Å². The Morgan fingerprint density at radius 1 is 0.944 bits per heavy atom. The Kier molecular flexibility index (Phi) is 4.13. The van der Waals surface area contributed by atoms with Crippen LogP contribution in [-0.2, 0) is 6.42 Å². The van der Waals surface area contributed by atoms with Gasteiger partial charge in [0.1, 0.15) is 0 Å². The molecule has 94 valence electrons. The maximum atomic E-state index is 5.94. The van der Waals surface area contributed by atoms with Crippen molar-refractivity contribution in [2.45, 2.75) is 20.3 Å². The van der Waals surface area contributed by atoms with E-state index in [1.54, 1.807) is 0 Å². The Labute approximate surface area is 125 Å². The van der Waals surface area contributed by atoms with Gasteiger partial charge in [-0.1, -0.05) is 28.1 Å². The second-order valence-electron chi connectivity index (χ2n) is 4.62. The first-order valence-electron chi connectivity index (χ1n) is 5.76. The van der Waals surface area contributed by atoms with E-state index in [2.05, 4.69) is 69.1 Å². The van der Waals surface area contributed by atoms with Crippen molar-refractivity contribution >= 4 is 37.5 Å². The fourth-order valence-corrected chi connectivity index (χ4v) is 3.34. The molecule has 2 rings (SSSR count). The molecule has 0 aromatic heterocycles. The van der Waals surface area contributed by atoms with E-state index in [1.807, 2.05) is 6.92 Å². The van der Waals surface area contributed by atoms with Crippen molar-refractivity contribution in [2.24, 2.45) is 0 Å². The molecule has 0 bridgehead atoms. The number of hydrogen-bond donors (Lipinski definition) is 1. The number of anilines is 1. The molecular weight excluding hydrogens is 354 g/mol. The molecule has 0 aliphatic rings. The summed E-state index contributed by atoms with van der Waals surface area (Å²) in [4.78, 5) is 0. The molecule has 2 N–H and O–H groups in total. The van der Waals surface area contributed by atoms with Crippen LogP contribution in [0, 0.1) is 13.8 Å². The van der Waals surface area contributed by atoms with Crippen LogP contribution >= 0.6 is 31.9 Å². The summed E-state index contributed by atoms with van der Waals surface area (Å²) in [6, 6.07) is 10.7. The number of halogens is 2. The third-order valence-corrected chi connectivity index (χ3v) is 4.02. The molecular formula is C15H15Br2N. The van der Waals surface area contributed by atoms with Gasteiger partial charge in [0.25, 0.3) is 0 Å². The third-order valence-electron chi connectivity index (χ3n) is 2.91. The van der Waals surface area contributed by atoms with Gasteiger partial charge in [0, 0.05) is 14.6 Å². The standard InChI is InChI=1S/C15H15Br2N/c1-9-3-11(7-13(16)4-9)6-12-5-10(2)15(18)14(17)8-12/h3-5,7-8H,6,18H2,1-2H3. The molecule has 0 saturated carbocycles. The number of rotatable bonds is 2. The van der Waals surface area contributed by atoms with E-state index in [0.717, 1.165) is 26.6 Å². The smallest absolute Gasteiger partial charge is 0.0488 e. The maximum Gasteiger partial charge on any atom is 0.0488 e. The highest BCUT2D eigenvalue weighted by molar-refractivity contribution is 9.10. The minimum absolute atomic E-state index is 0.823. The van der Waals surface area contributed by atoms with E-state index in [9.17, 15) is 0 Å². The molecule has 0 fully saturated rings. The second-order valence-corrected chi connectivity index (χ2v) is 6.39. The van der Waals surface area contributed by atoms with E-state index < -0.39 is 0 Å². The molecule has 0 spiro atoms. The fraction of sp³-hybridized carbons (Fsp3) is 0.200. The van der Waals surface area contributed by atoms with Crippen molar-refractivity contribution in [2.75, 3.05) is 5.73 Å². The molecule has 1 nitrogen and oxygen atoms in total. The van der Waals surface area contributed by atoms with Gasteiger partial charge in [-0.3, -0.25) is 0 Å². The summed E-state index contributed by atoms with van der Waals surface area (Å²) in [5, 5.41) is 0. The third kappa shape index (κ3) is 3.15. The highest BCUT2D eigenvalue weighted by Crippen LogP contribution is 2.26. The summed E-state index contributed by atoms with van der Waals surface area (Å²) < 4.78 is 2.10. The first-order valence-corrected chi connectivity index (χ1v) is 7.35. The predicted molar refractivity (Wildman–Crippen MR) is 85.0 cm³/mol. The van der Waals surface area contributed by atoms with Gasteiger partial charge >= 0.3 is 0 Å². The van der Waals surface area contributed by atoms with Crippen LogP contribution in [0.25, 0.3) is 0 Å². The lowest BCUT2D eigenvalue weighted by atomic mass is 10.0. The van der Waals surface area contributed by atoms with Gasteiger partial charge in [-0.25, -0.2) is 0 Å². The minimum atomic E-state index is 0.823. The number of hydrogen-bond acceptors (Lipinski definition) is 1. The zero-order valence-corrected chi connectivity index (χ0v) is 13.6. The van der Waals surface area contributed by atoms with Crippen molar-refractivity contribution in [1.29, 1.82) is 0 Å². The molecule has 0 atom stereocenters. The van der Waals surface area contributed by atoms with E-state index in [0.29, 0.717) is 0 Å². The van der Waals surface area contributed by atoms with Gasteiger partial charge in [0.2, 0.25) is 0 Å². The van der Waals surface area contributed by atoms with E-state index in [-0.39, 0.29) is 0 Å². The van der Waals surface area contributed by atoms with Crippen molar-refractivity contribution in [1.82, 2.24) is 0 Å². The zero-order chi connectivity index (χ0) is 13.3. The molecule has 0 heterocycles. The van der Waals surface area contributed by atoms with Crippen LogP contribution < -0.4 is 5.73 Å². The van der Waals surface area contributed by atoms with Crippen molar-refractivity contribution < 1.29 is 0 Å². The van der Waals surface area contributed by atoms with Gasteiger partial charge in [0.05, 0.1) is 0 Å². The minimum Gasteiger partial charge on any atom is -0.398 e. The SMILES string of the molecule is Cc1cc(Br)cc(Cc2cc(C)c(N)c(Br)c2)c1. The lowest BCUT2D eigenvalue weighted by molar-refractivity contribution is 1.16. The summed E-state index contributed by atoms with van der Waals surface area (Å²) in [7, 11) is 0. The Morgan fingerprint density at radius 2 is 1.61 bits per heavy atom. The van der Waals surface area contributed by atoms with Crippen LogP contribution in [0.1, 0.15) is 22.3 Å². The molecule has 0 amide bonds. The number of nitrogens with two attached hydrogens (primary N) is 1. The highest BCUT2D eigenvalue weighted by Gasteiger charge is 2.05. The van der Waals surface area contributed by atoms with Crippen molar-refractivity contribution in [3.63, 3.8) is 0 Å². The molecule has 18 heavy (non-hydrogen) atoms. The largest absolute Gasteiger partial charge is 0.398 e. The molecule has 0 radical (unpaired) electrons. The Morgan fingerprint density at radius 3 is 2.22 bits per heavy atom. The van der Waals surface area contributed by atoms with Crippen LogP contribution in [0.15, 0.2) is 39.3 Å². The molecule has 2 aromatic rings. The van der Waals surface area contributed by atoms with Gasteiger partial charge < -0.3 is 5.73 Å². The molecule has 0 aliphatic heterocycles. The van der Waals surface area contributed by atoms with E-state index in [1.165, 1.54) is 16.7 Å². The average molecular weight is 369 g/mol. The normalized spacial score (nSPS) is 10.7. The summed E-state index contributed by atoms with van der Waals surface area (Å²) in [5.74, 6) is 0. The van der Waals surface area contributed by atoms with Crippen LogP contribution in [0.5, 0.6) is 0 Å². The summed E-state index contributed by atoms with van der Waals surface area (Å²) in [6.45, 7) is 4.15. The van der Waals surface area contributed by atoms with Crippen LogP contribution in [0.3, 0.4) is 0 Å². The van der Waals surface area contributed by atoms with Crippen LogP contribution in [-0.4, -0.2) is 0 Å².